The lowest BCUT2D eigenvalue weighted by Gasteiger charge is -2.27. The number of rotatable bonds is 7. The van der Waals surface area contributed by atoms with Gasteiger partial charge in [0.05, 0.1) is 6.61 Å². The zero-order valence-electron chi connectivity index (χ0n) is 15.0. The summed E-state index contributed by atoms with van der Waals surface area (Å²) in [5.74, 6) is 0.753. The maximum Gasteiger partial charge on any atom is 0.223 e. The first-order valence-electron chi connectivity index (χ1n) is 9.22. The summed E-state index contributed by atoms with van der Waals surface area (Å²) in [4.78, 5) is 14.9. The highest BCUT2D eigenvalue weighted by Gasteiger charge is 2.21. The fourth-order valence-electron chi connectivity index (χ4n) is 3.59. The average molecular weight is 340 g/mol. The minimum Gasteiger partial charge on any atom is -0.383 e. The van der Waals surface area contributed by atoms with Crippen LogP contribution in [0.3, 0.4) is 0 Å². The van der Waals surface area contributed by atoms with Gasteiger partial charge in [0.1, 0.15) is 0 Å². The monoisotopic (exact) mass is 340 g/mol. The maximum absolute atomic E-state index is 12.9. The van der Waals surface area contributed by atoms with Crippen LogP contribution in [0.4, 0.5) is 0 Å². The number of nitrogens with zero attached hydrogens (tertiary/aromatic N) is 1. The number of hydrogen-bond donors (Lipinski definition) is 1. The second kappa shape index (κ2) is 8.97. The van der Waals surface area contributed by atoms with Crippen molar-refractivity contribution >= 4 is 16.7 Å². The first kappa shape index (κ1) is 17.9. The Hall–Kier alpha value is -1.91. The third-order valence-corrected chi connectivity index (χ3v) is 5.08. The van der Waals surface area contributed by atoms with Gasteiger partial charge in [-0.15, -0.1) is 0 Å². The van der Waals surface area contributed by atoms with Gasteiger partial charge in [0, 0.05) is 26.6 Å². The van der Waals surface area contributed by atoms with Gasteiger partial charge < -0.3 is 15.0 Å². The normalized spacial score (nSPS) is 15.4. The molecular formula is C21H28N2O2. The molecule has 1 N–H and O–H groups in total. The van der Waals surface area contributed by atoms with Gasteiger partial charge in [0.15, 0.2) is 0 Å². The van der Waals surface area contributed by atoms with Crippen molar-refractivity contribution in [2.24, 2.45) is 5.92 Å². The third-order valence-electron chi connectivity index (χ3n) is 5.08. The number of carbonyl (C=O) groups is 1. The molecule has 1 amide bonds. The Balaban J connectivity index is 1.74. The molecule has 134 valence electrons. The van der Waals surface area contributed by atoms with E-state index in [0.717, 1.165) is 25.9 Å². The molecule has 0 aromatic heterocycles. The Labute approximate surface area is 150 Å². The summed E-state index contributed by atoms with van der Waals surface area (Å²) in [6.45, 7) is 3.92. The Morgan fingerprint density at radius 3 is 2.72 bits per heavy atom. The molecule has 3 rings (SSSR count). The van der Waals surface area contributed by atoms with E-state index in [1.165, 1.54) is 16.3 Å². The number of methoxy groups -OCH3 is 1. The Kier molecular flexibility index (Phi) is 6.42. The van der Waals surface area contributed by atoms with E-state index in [4.69, 9.17) is 4.74 Å². The molecule has 1 heterocycles. The van der Waals surface area contributed by atoms with Crippen LogP contribution in [0.5, 0.6) is 0 Å². The molecule has 0 saturated carbocycles. The van der Waals surface area contributed by atoms with E-state index in [1.54, 1.807) is 7.11 Å². The molecule has 0 spiro atoms. The number of benzene rings is 2. The van der Waals surface area contributed by atoms with Crippen molar-refractivity contribution in [1.82, 2.24) is 10.2 Å². The fourth-order valence-corrected chi connectivity index (χ4v) is 3.59. The van der Waals surface area contributed by atoms with Crippen molar-refractivity contribution in [1.29, 1.82) is 0 Å². The first-order valence-corrected chi connectivity index (χ1v) is 9.22. The molecule has 0 unspecified atom stereocenters. The fraction of sp³-hybridized carbons (Fsp3) is 0.476. The van der Waals surface area contributed by atoms with E-state index in [9.17, 15) is 4.79 Å². The van der Waals surface area contributed by atoms with Crippen molar-refractivity contribution in [2.75, 3.05) is 33.4 Å². The number of amides is 1. The van der Waals surface area contributed by atoms with E-state index in [-0.39, 0.29) is 5.91 Å². The van der Waals surface area contributed by atoms with Gasteiger partial charge >= 0.3 is 0 Å². The van der Waals surface area contributed by atoms with Gasteiger partial charge in [0.25, 0.3) is 0 Å². The Bertz CT molecular complexity index is 690. The standard InChI is InChI=1S/C21H28N2O2/c1-25-14-13-23(21(24)15-17-9-11-22-12-10-17)16-19-7-4-6-18-5-2-3-8-20(18)19/h2-8,17,22H,9-16H2,1H3. The van der Waals surface area contributed by atoms with Crippen molar-refractivity contribution in [3.63, 3.8) is 0 Å². The van der Waals surface area contributed by atoms with Crippen LogP contribution >= 0.6 is 0 Å². The van der Waals surface area contributed by atoms with Crippen LogP contribution < -0.4 is 5.32 Å². The van der Waals surface area contributed by atoms with E-state index >= 15 is 0 Å². The predicted molar refractivity (Wildman–Crippen MR) is 101 cm³/mol. The quantitative estimate of drug-likeness (QED) is 0.841. The molecule has 25 heavy (non-hydrogen) atoms. The summed E-state index contributed by atoms with van der Waals surface area (Å²) in [5.41, 5.74) is 1.20. The number of nitrogens with one attached hydrogen (secondary N) is 1. The topological polar surface area (TPSA) is 41.6 Å². The number of ether oxygens (including phenoxy) is 1. The van der Waals surface area contributed by atoms with Gasteiger partial charge in [-0.25, -0.2) is 0 Å². The summed E-state index contributed by atoms with van der Waals surface area (Å²) in [6, 6.07) is 14.7. The highest BCUT2D eigenvalue weighted by Crippen LogP contribution is 2.22. The Morgan fingerprint density at radius 2 is 1.92 bits per heavy atom. The lowest BCUT2D eigenvalue weighted by molar-refractivity contribution is -0.133. The van der Waals surface area contributed by atoms with Crippen LogP contribution in [0.1, 0.15) is 24.8 Å². The molecule has 0 atom stereocenters. The van der Waals surface area contributed by atoms with Crippen LogP contribution in [0.15, 0.2) is 42.5 Å². The van der Waals surface area contributed by atoms with Gasteiger partial charge in [-0.05, 0) is 48.2 Å². The van der Waals surface area contributed by atoms with Crippen LogP contribution in [-0.2, 0) is 16.1 Å². The van der Waals surface area contributed by atoms with E-state index in [1.807, 2.05) is 4.90 Å². The molecule has 0 radical (unpaired) electrons. The van der Waals surface area contributed by atoms with Crippen LogP contribution in [0.25, 0.3) is 10.8 Å². The zero-order valence-corrected chi connectivity index (χ0v) is 15.0. The highest BCUT2D eigenvalue weighted by molar-refractivity contribution is 5.86. The predicted octanol–water partition coefficient (Wildman–Crippen LogP) is 3.20. The number of hydrogen-bond acceptors (Lipinski definition) is 3. The molecule has 1 fully saturated rings. The van der Waals surface area contributed by atoms with Gasteiger partial charge in [-0.2, -0.15) is 0 Å². The number of piperidine rings is 1. The van der Waals surface area contributed by atoms with Crippen LogP contribution in [-0.4, -0.2) is 44.2 Å². The third kappa shape index (κ3) is 4.80. The van der Waals surface area contributed by atoms with Gasteiger partial charge in [-0.3, -0.25) is 4.79 Å². The van der Waals surface area contributed by atoms with Crippen molar-refractivity contribution < 1.29 is 9.53 Å². The summed E-state index contributed by atoms with van der Waals surface area (Å²) in [7, 11) is 1.69. The highest BCUT2D eigenvalue weighted by atomic mass is 16.5. The van der Waals surface area contributed by atoms with Crippen molar-refractivity contribution in [2.45, 2.75) is 25.8 Å². The second-order valence-corrected chi connectivity index (χ2v) is 6.84. The van der Waals surface area contributed by atoms with Crippen molar-refractivity contribution in [3.8, 4) is 0 Å². The summed E-state index contributed by atoms with van der Waals surface area (Å²) >= 11 is 0. The SMILES string of the molecule is COCCN(Cc1cccc2ccccc12)C(=O)CC1CCNCC1. The number of fused-ring (bicyclic) bond motifs is 1. The molecule has 1 aliphatic heterocycles. The minimum atomic E-state index is 0.247. The van der Waals surface area contributed by atoms with Crippen molar-refractivity contribution in [3.05, 3.63) is 48.0 Å². The number of carbonyl (C=O) groups excluding carboxylic acids is 1. The Morgan fingerprint density at radius 1 is 1.16 bits per heavy atom. The summed E-state index contributed by atoms with van der Waals surface area (Å²) in [5, 5.41) is 5.81. The van der Waals surface area contributed by atoms with Crippen LogP contribution in [0, 0.1) is 5.92 Å². The molecule has 1 aliphatic rings. The first-order chi connectivity index (χ1) is 12.3. The zero-order chi connectivity index (χ0) is 17.5. The van der Waals surface area contributed by atoms with E-state index < -0.39 is 0 Å². The van der Waals surface area contributed by atoms with E-state index in [0.29, 0.717) is 32.0 Å². The smallest absolute Gasteiger partial charge is 0.223 e. The molecule has 2 aromatic rings. The molecule has 2 aromatic carbocycles. The molecule has 0 bridgehead atoms. The average Bonchev–Trinajstić information content (AvgIpc) is 2.66. The molecule has 0 aliphatic carbocycles. The molecule has 4 heteroatoms. The minimum absolute atomic E-state index is 0.247. The molecular weight excluding hydrogens is 312 g/mol. The summed E-state index contributed by atoms with van der Waals surface area (Å²) < 4.78 is 5.23. The lowest BCUT2D eigenvalue weighted by atomic mass is 9.94. The van der Waals surface area contributed by atoms with E-state index in [2.05, 4.69) is 47.8 Å². The summed E-state index contributed by atoms with van der Waals surface area (Å²) in [6.07, 6.45) is 2.84. The van der Waals surface area contributed by atoms with Crippen LogP contribution in [0.2, 0.25) is 0 Å². The lowest BCUT2D eigenvalue weighted by Crippen LogP contribution is -2.36. The second-order valence-electron chi connectivity index (χ2n) is 6.84. The largest absolute Gasteiger partial charge is 0.383 e. The van der Waals surface area contributed by atoms with Gasteiger partial charge in [-0.1, -0.05) is 42.5 Å². The van der Waals surface area contributed by atoms with Gasteiger partial charge in [0.2, 0.25) is 5.91 Å². The molecule has 1 saturated heterocycles. The maximum atomic E-state index is 12.9. The molecule has 4 nitrogen and oxygen atoms in total.